The Balaban J connectivity index is 2.11. The van der Waals surface area contributed by atoms with Crippen molar-refractivity contribution < 1.29 is 10.2 Å². The van der Waals surface area contributed by atoms with Gasteiger partial charge in [-0.25, -0.2) is 5.43 Å². The SMILES string of the molecule is Cc1nnc(N/N=C\c2ccc(O)cc2O)[nH]c1=O. The molecule has 0 aliphatic heterocycles. The van der Waals surface area contributed by atoms with E-state index in [4.69, 9.17) is 5.11 Å². The van der Waals surface area contributed by atoms with E-state index in [1.165, 1.54) is 31.3 Å². The van der Waals surface area contributed by atoms with Crippen LogP contribution in [0.3, 0.4) is 0 Å². The van der Waals surface area contributed by atoms with Crippen LogP contribution < -0.4 is 11.0 Å². The van der Waals surface area contributed by atoms with Gasteiger partial charge in [0.25, 0.3) is 5.56 Å². The van der Waals surface area contributed by atoms with Crippen molar-refractivity contribution in [1.82, 2.24) is 15.2 Å². The summed E-state index contributed by atoms with van der Waals surface area (Å²) in [5, 5.41) is 29.7. The fourth-order valence-corrected chi connectivity index (χ4v) is 1.25. The maximum Gasteiger partial charge on any atom is 0.274 e. The third-order valence-corrected chi connectivity index (χ3v) is 2.25. The smallest absolute Gasteiger partial charge is 0.274 e. The number of rotatable bonds is 3. The normalized spacial score (nSPS) is 10.8. The van der Waals surface area contributed by atoms with Crippen LogP contribution in [0.1, 0.15) is 11.3 Å². The van der Waals surface area contributed by atoms with Crippen molar-refractivity contribution in [2.24, 2.45) is 5.10 Å². The molecule has 0 aliphatic rings. The fourth-order valence-electron chi connectivity index (χ4n) is 1.25. The van der Waals surface area contributed by atoms with E-state index in [2.05, 4.69) is 25.7 Å². The lowest BCUT2D eigenvalue weighted by Gasteiger charge is -2.00. The molecule has 0 atom stereocenters. The fraction of sp³-hybridized carbons (Fsp3) is 0.0909. The van der Waals surface area contributed by atoms with Crippen LogP contribution in [0.4, 0.5) is 5.95 Å². The number of benzene rings is 1. The Morgan fingerprint density at radius 2 is 2.16 bits per heavy atom. The molecular weight excluding hydrogens is 250 g/mol. The van der Waals surface area contributed by atoms with Crippen LogP contribution in [0.25, 0.3) is 0 Å². The van der Waals surface area contributed by atoms with Gasteiger partial charge in [-0.05, 0) is 19.1 Å². The largest absolute Gasteiger partial charge is 0.508 e. The number of aromatic hydroxyl groups is 2. The van der Waals surface area contributed by atoms with Crippen LogP contribution in [-0.2, 0) is 0 Å². The highest BCUT2D eigenvalue weighted by Crippen LogP contribution is 2.20. The van der Waals surface area contributed by atoms with Crippen molar-refractivity contribution in [2.45, 2.75) is 6.92 Å². The summed E-state index contributed by atoms with van der Waals surface area (Å²) >= 11 is 0. The highest BCUT2D eigenvalue weighted by atomic mass is 16.3. The second-order valence-electron chi connectivity index (χ2n) is 3.70. The van der Waals surface area contributed by atoms with Gasteiger partial charge in [0, 0.05) is 11.6 Å². The molecule has 0 saturated heterocycles. The Bertz CT molecular complexity index is 680. The topological polar surface area (TPSA) is 123 Å². The molecular formula is C11H11N5O3. The van der Waals surface area contributed by atoms with Crippen LogP contribution in [-0.4, -0.2) is 31.6 Å². The van der Waals surface area contributed by atoms with E-state index in [9.17, 15) is 9.90 Å². The predicted molar refractivity (Wildman–Crippen MR) is 68.4 cm³/mol. The minimum Gasteiger partial charge on any atom is -0.508 e. The number of hydrogen-bond acceptors (Lipinski definition) is 7. The Hall–Kier alpha value is -2.90. The molecule has 0 saturated carbocycles. The monoisotopic (exact) mass is 261 g/mol. The molecule has 0 bridgehead atoms. The van der Waals surface area contributed by atoms with Crippen molar-refractivity contribution >= 4 is 12.2 Å². The first-order chi connectivity index (χ1) is 9.06. The van der Waals surface area contributed by atoms with E-state index in [1.807, 2.05) is 0 Å². The molecule has 2 rings (SSSR count). The summed E-state index contributed by atoms with van der Waals surface area (Å²) in [6.45, 7) is 1.54. The second-order valence-corrected chi connectivity index (χ2v) is 3.70. The minimum absolute atomic E-state index is 0.0451. The van der Waals surface area contributed by atoms with Crippen LogP contribution >= 0.6 is 0 Å². The number of phenols is 2. The molecule has 8 heteroatoms. The van der Waals surface area contributed by atoms with Gasteiger partial charge in [-0.15, -0.1) is 10.2 Å². The maximum atomic E-state index is 11.2. The Kier molecular flexibility index (Phi) is 3.42. The third-order valence-electron chi connectivity index (χ3n) is 2.25. The zero-order chi connectivity index (χ0) is 13.8. The number of hydrazone groups is 1. The maximum absolute atomic E-state index is 11.2. The van der Waals surface area contributed by atoms with Crippen molar-refractivity contribution in [3.05, 3.63) is 39.8 Å². The number of nitrogens with one attached hydrogen (secondary N) is 2. The predicted octanol–water partition coefficient (Wildman–Crippen LogP) is 0.331. The summed E-state index contributed by atoms with van der Waals surface area (Å²) in [7, 11) is 0. The lowest BCUT2D eigenvalue weighted by Crippen LogP contribution is -2.15. The minimum atomic E-state index is -0.361. The van der Waals surface area contributed by atoms with Gasteiger partial charge >= 0.3 is 0 Å². The van der Waals surface area contributed by atoms with Gasteiger partial charge in [0.15, 0.2) is 0 Å². The summed E-state index contributed by atoms with van der Waals surface area (Å²) in [5.74, 6) is -0.0736. The summed E-state index contributed by atoms with van der Waals surface area (Å²) in [4.78, 5) is 13.7. The molecule has 19 heavy (non-hydrogen) atoms. The summed E-state index contributed by atoms with van der Waals surface area (Å²) in [6.07, 6.45) is 1.31. The molecule has 0 unspecified atom stereocenters. The number of H-pyrrole nitrogens is 1. The van der Waals surface area contributed by atoms with Crippen LogP contribution in [0, 0.1) is 6.92 Å². The zero-order valence-corrected chi connectivity index (χ0v) is 9.95. The molecule has 0 radical (unpaired) electrons. The van der Waals surface area contributed by atoms with E-state index < -0.39 is 0 Å². The van der Waals surface area contributed by atoms with Gasteiger partial charge in [-0.3, -0.25) is 9.78 Å². The molecule has 1 aromatic heterocycles. The molecule has 0 aliphatic carbocycles. The van der Waals surface area contributed by atoms with Gasteiger partial charge in [0.1, 0.15) is 17.2 Å². The Morgan fingerprint density at radius 3 is 2.84 bits per heavy atom. The summed E-state index contributed by atoms with van der Waals surface area (Å²) in [6, 6.07) is 4.09. The highest BCUT2D eigenvalue weighted by Gasteiger charge is 2.00. The summed E-state index contributed by atoms with van der Waals surface area (Å²) in [5.41, 5.74) is 2.76. The molecule has 1 heterocycles. The number of aromatic amines is 1. The highest BCUT2D eigenvalue weighted by molar-refractivity contribution is 5.84. The molecule has 1 aromatic carbocycles. The first-order valence-electron chi connectivity index (χ1n) is 5.31. The van der Waals surface area contributed by atoms with E-state index in [-0.39, 0.29) is 28.7 Å². The molecule has 0 fully saturated rings. The molecule has 0 amide bonds. The lowest BCUT2D eigenvalue weighted by molar-refractivity contribution is 0.450. The third kappa shape index (κ3) is 3.06. The summed E-state index contributed by atoms with van der Waals surface area (Å²) < 4.78 is 0. The van der Waals surface area contributed by atoms with Crippen LogP contribution in [0.2, 0.25) is 0 Å². The van der Waals surface area contributed by atoms with E-state index in [0.29, 0.717) is 5.56 Å². The van der Waals surface area contributed by atoms with E-state index in [1.54, 1.807) is 0 Å². The number of anilines is 1. The van der Waals surface area contributed by atoms with Crippen molar-refractivity contribution in [1.29, 1.82) is 0 Å². The van der Waals surface area contributed by atoms with Crippen LogP contribution in [0.5, 0.6) is 11.5 Å². The Labute approximate surface area is 107 Å². The van der Waals surface area contributed by atoms with Crippen molar-refractivity contribution in [3.8, 4) is 11.5 Å². The average Bonchev–Trinajstić information content (AvgIpc) is 2.36. The first-order valence-corrected chi connectivity index (χ1v) is 5.31. The van der Waals surface area contributed by atoms with E-state index in [0.717, 1.165) is 0 Å². The molecule has 4 N–H and O–H groups in total. The number of hydrogen-bond donors (Lipinski definition) is 4. The number of phenolic OH excluding ortho intramolecular Hbond substituents is 2. The molecule has 8 nitrogen and oxygen atoms in total. The number of nitrogens with zero attached hydrogens (tertiary/aromatic N) is 3. The molecule has 2 aromatic rings. The molecule has 98 valence electrons. The first kappa shape index (κ1) is 12.6. The van der Waals surface area contributed by atoms with Crippen molar-refractivity contribution in [2.75, 3.05) is 5.43 Å². The van der Waals surface area contributed by atoms with Crippen molar-refractivity contribution in [3.63, 3.8) is 0 Å². The Morgan fingerprint density at radius 1 is 1.37 bits per heavy atom. The molecule has 0 spiro atoms. The van der Waals surface area contributed by atoms with Gasteiger partial charge in [0.05, 0.1) is 6.21 Å². The number of aryl methyl sites for hydroxylation is 1. The number of aromatic nitrogens is 3. The second kappa shape index (κ2) is 5.17. The average molecular weight is 261 g/mol. The van der Waals surface area contributed by atoms with Crippen LogP contribution in [0.15, 0.2) is 28.1 Å². The zero-order valence-electron chi connectivity index (χ0n) is 9.95. The van der Waals surface area contributed by atoms with Gasteiger partial charge in [-0.1, -0.05) is 0 Å². The van der Waals surface area contributed by atoms with Gasteiger partial charge in [0.2, 0.25) is 5.95 Å². The van der Waals surface area contributed by atoms with Gasteiger partial charge in [-0.2, -0.15) is 5.10 Å². The standard InChI is InChI=1S/C11H11N5O3/c1-6-10(19)13-11(16-14-6)15-12-5-7-2-3-8(17)4-9(7)18/h2-5,17-18H,1H3,(H2,13,15,16,19)/b12-5-. The van der Waals surface area contributed by atoms with E-state index >= 15 is 0 Å². The lowest BCUT2D eigenvalue weighted by atomic mass is 10.2. The quantitative estimate of drug-likeness (QED) is 0.466. The van der Waals surface area contributed by atoms with Gasteiger partial charge < -0.3 is 10.2 Å².